The van der Waals surface area contributed by atoms with Crippen molar-refractivity contribution in [3.63, 3.8) is 0 Å². The average Bonchev–Trinajstić information content (AvgIpc) is 2.42. The Morgan fingerprint density at radius 3 is 2.24 bits per heavy atom. The van der Waals surface area contributed by atoms with Gasteiger partial charge >= 0.3 is 0 Å². The Morgan fingerprint density at radius 2 is 1.71 bits per heavy atom. The fourth-order valence-electron chi connectivity index (χ4n) is 2.06. The van der Waals surface area contributed by atoms with E-state index < -0.39 is 0 Å². The lowest BCUT2D eigenvalue weighted by Gasteiger charge is -2.20. The zero-order valence-corrected chi connectivity index (χ0v) is 15.0. The van der Waals surface area contributed by atoms with Crippen molar-refractivity contribution in [2.75, 3.05) is 18.1 Å². The van der Waals surface area contributed by atoms with Crippen LogP contribution in [0.5, 0.6) is 5.75 Å². The summed E-state index contributed by atoms with van der Waals surface area (Å²) < 4.78 is 5.72. The van der Waals surface area contributed by atoms with Crippen molar-refractivity contribution in [3.05, 3.63) is 29.8 Å². The van der Waals surface area contributed by atoms with E-state index in [2.05, 4.69) is 64.2 Å². The maximum absolute atomic E-state index is 5.72. The van der Waals surface area contributed by atoms with Gasteiger partial charge in [0.1, 0.15) is 5.75 Å². The summed E-state index contributed by atoms with van der Waals surface area (Å²) in [6.45, 7) is 11.9. The van der Waals surface area contributed by atoms with E-state index in [0.29, 0.717) is 6.04 Å². The second-order valence-electron chi connectivity index (χ2n) is 6.17. The summed E-state index contributed by atoms with van der Waals surface area (Å²) in [4.78, 5) is 0. The molecule has 0 spiro atoms. The van der Waals surface area contributed by atoms with Crippen LogP contribution in [0.3, 0.4) is 0 Å². The average molecular weight is 310 g/mol. The molecule has 0 aliphatic heterocycles. The highest BCUT2D eigenvalue weighted by Crippen LogP contribution is 2.23. The molecule has 0 aliphatic carbocycles. The first-order valence-corrected chi connectivity index (χ1v) is 9.26. The maximum Gasteiger partial charge on any atom is 0.119 e. The van der Waals surface area contributed by atoms with Gasteiger partial charge in [0.2, 0.25) is 0 Å². The fourth-order valence-corrected chi connectivity index (χ4v) is 3.22. The molecule has 1 unspecified atom stereocenters. The smallest absolute Gasteiger partial charge is 0.119 e. The second kappa shape index (κ2) is 10.1. The van der Waals surface area contributed by atoms with Gasteiger partial charge in [0.15, 0.2) is 0 Å². The van der Waals surface area contributed by atoms with Crippen LogP contribution < -0.4 is 10.1 Å². The molecule has 0 fully saturated rings. The third-order valence-corrected chi connectivity index (χ3v) is 4.50. The summed E-state index contributed by atoms with van der Waals surface area (Å²) in [6.07, 6.45) is 1.39. The summed E-state index contributed by atoms with van der Waals surface area (Å²) in [5.41, 5.74) is 1.36. The molecule has 1 atom stereocenters. The van der Waals surface area contributed by atoms with Crippen molar-refractivity contribution < 1.29 is 4.74 Å². The SMILES string of the molecule is CCCNC(CSCC(C)C)c1ccc(OC(C)C)cc1. The van der Waals surface area contributed by atoms with Crippen LogP contribution in [0.25, 0.3) is 0 Å². The van der Waals surface area contributed by atoms with Gasteiger partial charge < -0.3 is 10.1 Å². The van der Waals surface area contributed by atoms with Crippen LogP contribution in [-0.2, 0) is 0 Å². The lowest BCUT2D eigenvalue weighted by atomic mass is 10.1. The molecule has 0 saturated carbocycles. The van der Waals surface area contributed by atoms with Gasteiger partial charge in [-0.25, -0.2) is 0 Å². The van der Waals surface area contributed by atoms with Crippen LogP contribution in [-0.4, -0.2) is 24.2 Å². The first-order chi connectivity index (χ1) is 10.0. The van der Waals surface area contributed by atoms with E-state index in [1.54, 1.807) is 0 Å². The lowest BCUT2D eigenvalue weighted by Crippen LogP contribution is -2.24. The quantitative estimate of drug-likeness (QED) is 0.664. The van der Waals surface area contributed by atoms with E-state index in [0.717, 1.165) is 24.0 Å². The molecule has 0 radical (unpaired) electrons. The maximum atomic E-state index is 5.72. The number of nitrogens with one attached hydrogen (secondary N) is 1. The molecule has 0 bridgehead atoms. The number of rotatable bonds is 10. The van der Waals surface area contributed by atoms with Gasteiger partial charge in [-0.1, -0.05) is 32.9 Å². The standard InChI is InChI=1S/C18H31NOS/c1-6-11-19-18(13-21-12-14(2)3)16-7-9-17(10-8-16)20-15(4)5/h7-10,14-15,18-19H,6,11-13H2,1-5H3. The van der Waals surface area contributed by atoms with E-state index in [1.807, 2.05) is 11.8 Å². The van der Waals surface area contributed by atoms with E-state index >= 15 is 0 Å². The molecule has 0 amide bonds. The van der Waals surface area contributed by atoms with Crippen molar-refractivity contribution in [3.8, 4) is 5.75 Å². The van der Waals surface area contributed by atoms with Gasteiger partial charge in [0, 0.05) is 11.8 Å². The first-order valence-electron chi connectivity index (χ1n) is 8.10. The Kier molecular flexibility index (Phi) is 8.86. The Hall–Kier alpha value is -0.670. The minimum absolute atomic E-state index is 0.228. The van der Waals surface area contributed by atoms with Gasteiger partial charge in [0.25, 0.3) is 0 Å². The summed E-state index contributed by atoms with van der Waals surface area (Å²) in [5.74, 6) is 4.06. The third kappa shape index (κ3) is 7.77. The Balaban J connectivity index is 2.63. The molecule has 0 saturated heterocycles. The van der Waals surface area contributed by atoms with Gasteiger partial charge in [0.05, 0.1) is 6.10 Å². The van der Waals surface area contributed by atoms with Crippen molar-refractivity contribution in [2.24, 2.45) is 5.92 Å². The van der Waals surface area contributed by atoms with Crippen molar-refractivity contribution in [2.45, 2.75) is 53.2 Å². The minimum Gasteiger partial charge on any atom is -0.491 e. The van der Waals surface area contributed by atoms with Crippen LogP contribution >= 0.6 is 11.8 Å². The number of thioether (sulfide) groups is 1. The van der Waals surface area contributed by atoms with E-state index in [4.69, 9.17) is 4.74 Å². The van der Waals surface area contributed by atoms with Gasteiger partial charge in [-0.05, 0) is 56.2 Å². The molecule has 3 heteroatoms. The highest BCUT2D eigenvalue weighted by Gasteiger charge is 2.11. The summed E-state index contributed by atoms with van der Waals surface area (Å²) in [6, 6.07) is 9.00. The fraction of sp³-hybridized carbons (Fsp3) is 0.667. The molecule has 1 N–H and O–H groups in total. The number of benzene rings is 1. The number of hydrogen-bond acceptors (Lipinski definition) is 3. The molecule has 0 aliphatic rings. The minimum atomic E-state index is 0.228. The predicted octanol–water partition coefficient (Wildman–Crippen LogP) is 4.90. The Morgan fingerprint density at radius 1 is 1.05 bits per heavy atom. The molecule has 1 aromatic rings. The van der Waals surface area contributed by atoms with Crippen LogP contribution in [0.4, 0.5) is 0 Å². The molecule has 21 heavy (non-hydrogen) atoms. The van der Waals surface area contributed by atoms with Gasteiger partial charge in [-0.3, -0.25) is 0 Å². The molecule has 0 aromatic heterocycles. The Bertz CT molecular complexity index is 375. The van der Waals surface area contributed by atoms with Crippen molar-refractivity contribution in [1.29, 1.82) is 0 Å². The molecule has 1 aromatic carbocycles. The third-order valence-electron chi connectivity index (χ3n) is 3.03. The second-order valence-corrected chi connectivity index (χ2v) is 7.25. The van der Waals surface area contributed by atoms with E-state index in [9.17, 15) is 0 Å². The van der Waals surface area contributed by atoms with Crippen molar-refractivity contribution in [1.82, 2.24) is 5.32 Å². The molecule has 0 heterocycles. The first kappa shape index (κ1) is 18.4. The lowest BCUT2D eigenvalue weighted by molar-refractivity contribution is 0.242. The van der Waals surface area contributed by atoms with Crippen LogP contribution in [0.1, 0.15) is 52.6 Å². The molecular formula is C18H31NOS. The monoisotopic (exact) mass is 309 g/mol. The van der Waals surface area contributed by atoms with Crippen LogP contribution in [0, 0.1) is 5.92 Å². The molecule has 1 rings (SSSR count). The molecule has 120 valence electrons. The predicted molar refractivity (Wildman–Crippen MR) is 95.4 cm³/mol. The molecular weight excluding hydrogens is 278 g/mol. The number of ether oxygens (including phenoxy) is 1. The molecule has 2 nitrogen and oxygen atoms in total. The zero-order valence-electron chi connectivity index (χ0n) is 14.2. The topological polar surface area (TPSA) is 21.3 Å². The van der Waals surface area contributed by atoms with Crippen LogP contribution in [0.15, 0.2) is 24.3 Å². The van der Waals surface area contributed by atoms with E-state index in [1.165, 1.54) is 17.7 Å². The largest absolute Gasteiger partial charge is 0.491 e. The summed E-state index contributed by atoms with van der Waals surface area (Å²) >= 11 is 2.04. The van der Waals surface area contributed by atoms with Gasteiger partial charge in [-0.15, -0.1) is 0 Å². The summed E-state index contributed by atoms with van der Waals surface area (Å²) in [7, 11) is 0. The highest BCUT2D eigenvalue weighted by molar-refractivity contribution is 7.99. The zero-order chi connectivity index (χ0) is 15.7. The summed E-state index contributed by atoms with van der Waals surface area (Å²) in [5, 5.41) is 3.66. The normalized spacial score (nSPS) is 12.9. The van der Waals surface area contributed by atoms with E-state index in [-0.39, 0.29) is 6.10 Å². The highest BCUT2D eigenvalue weighted by atomic mass is 32.2. The van der Waals surface area contributed by atoms with Crippen LogP contribution in [0.2, 0.25) is 0 Å². The van der Waals surface area contributed by atoms with Crippen molar-refractivity contribution >= 4 is 11.8 Å². The van der Waals surface area contributed by atoms with Gasteiger partial charge in [-0.2, -0.15) is 11.8 Å². The number of hydrogen-bond donors (Lipinski definition) is 1. The Labute approximate surface area is 135 Å².